The normalized spacial score (nSPS) is 10.3. The summed E-state index contributed by atoms with van der Waals surface area (Å²) < 4.78 is 20.7. The van der Waals surface area contributed by atoms with E-state index in [9.17, 15) is 9.59 Å². The van der Waals surface area contributed by atoms with Crippen LogP contribution in [0, 0.1) is 0 Å². The van der Waals surface area contributed by atoms with Crippen molar-refractivity contribution in [2.75, 3.05) is 13.7 Å². The third-order valence-electron chi connectivity index (χ3n) is 3.66. The van der Waals surface area contributed by atoms with Gasteiger partial charge in [-0.1, -0.05) is 30.9 Å². The van der Waals surface area contributed by atoms with E-state index in [2.05, 4.69) is 6.58 Å². The maximum Gasteiger partial charge on any atom is 0.514 e. The van der Waals surface area contributed by atoms with Crippen molar-refractivity contribution in [2.24, 2.45) is 0 Å². The Morgan fingerprint density at radius 3 is 2.77 bits per heavy atom. The van der Waals surface area contributed by atoms with Gasteiger partial charge in [0.25, 0.3) is 0 Å². The van der Waals surface area contributed by atoms with Crippen molar-refractivity contribution in [1.82, 2.24) is 0 Å². The van der Waals surface area contributed by atoms with Crippen LogP contribution >= 0.6 is 0 Å². The van der Waals surface area contributed by atoms with Gasteiger partial charge in [0.2, 0.25) is 5.43 Å². The highest BCUT2D eigenvalue weighted by Crippen LogP contribution is 2.29. The highest BCUT2D eigenvalue weighted by molar-refractivity contribution is 5.84. The second-order valence-electron chi connectivity index (χ2n) is 5.29. The topological polar surface area (TPSA) is 75.0 Å². The molecule has 0 unspecified atom stereocenters. The van der Waals surface area contributed by atoms with E-state index in [0.29, 0.717) is 27.8 Å². The smallest absolute Gasteiger partial charge is 0.496 e. The minimum absolute atomic E-state index is 0.0454. The number of fused-ring (bicyclic) bond motifs is 1. The van der Waals surface area contributed by atoms with Crippen molar-refractivity contribution in [3.63, 3.8) is 0 Å². The first-order valence-electron chi connectivity index (χ1n) is 7.78. The van der Waals surface area contributed by atoms with E-state index >= 15 is 0 Å². The van der Waals surface area contributed by atoms with Crippen LogP contribution in [0.15, 0.2) is 70.6 Å². The van der Waals surface area contributed by atoms with Gasteiger partial charge < -0.3 is 18.6 Å². The van der Waals surface area contributed by atoms with Gasteiger partial charge in [-0.05, 0) is 18.2 Å². The molecule has 2 aromatic carbocycles. The van der Waals surface area contributed by atoms with E-state index in [-0.39, 0.29) is 17.8 Å². The van der Waals surface area contributed by atoms with Crippen LogP contribution in [-0.2, 0) is 4.74 Å². The number of benzene rings is 2. The number of rotatable bonds is 5. The Labute approximate surface area is 149 Å². The van der Waals surface area contributed by atoms with E-state index in [1.165, 1.54) is 37.6 Å². The molecule has 132 valence electrons. The SMILES string of the molecule is C=CCOC(=O)Oc1ccc2c(=O)c(-c3ccccc3OC)coc2c1. The first-order valence-corrected chi connectivity index (χ1v) is 7.78. The van der Waals surface area contributed by atoms with Crippen LogP contribution in [0.2, 0.25) is 0 Å². The van der Waals surface area contributed by atoms with Gasteiger partial charge in [0.15, 0.2) is 0 Å². The monoisotopic (exact) mass is 352 g/mol. The fourth-order valence-corrected chi connectivity index (χ4v) is 2.48. The summed E-state index contributed by atoms with van der Waals surface area (Å²) in [4.78, 5) is 24.3. The van der Waals surface area contributed by atoms with Crippen LogP contribution in [0.4, 0.5) is 4.79 Å². The largest absolute Gasteiger partial charge is 0.514 e. The lowest BCUT2D eigenvalue weighted by atomic mass is 10.0. The Hall–Kier alpha value is -3.54. The van der Waals surface area contributed by atoms with Crippen molar-refractivity contribution in [3.05, 3.63) is 71.6 Å². The molecule has 1 heterocycles. The summed E-state index contributed by atoms with van der Waals surface area (Å²) in [6.45, 7) is 3.49. The average molecular weight is 352 g/mol. The zero-order valence-corrected chi connectivity index (χ0v) is 14.1. The molecule has 0 fully saturated rings. The second-order valence-corrected chi connectivity index (χ2v) is 5.29. The summed E-state index contributed by atoms with van der Waals surface area (Å²) in [6.07, 6.45) is 1.93. The van der Waals surface area contributed by atoms with Gasteiger partial charge in [0, 0.05) is 11.6 Å². The molecule has 6 heteroatoms. The quantitative estimate of drug-likeness (QED) is 0.390. The van der Waals surface area contributed by atoms with Crippen LogP contribution in [0.25, 0.3) is 22.1 Å². The van der Waals surface area contributed by atoms with E-state index in [1.54, 1.807) is 12.1 Å². The Morgan fingerprint density at radius 2 is 2.00 bits per heavy atom. The predicted octanol–water partition coefficient (Wildman–Crippen LogP) is 4.17. The number of methoxy groups -OCH3 is 1. The van der Waals surface area contributed by atoms with Crippen LogP contribution < -0.4 is 14.9 Å². The molecule has 0 atom stereocenters. The first kappa shape index (κ1) is 17.3. The molecule has 0 amide bonds. The van der Waals surface area contributed by atoms with E-state index in [0.717, 1.165) is 0 Å². The van der Waals surface area contributed by atoms with Crippen LogP contribution in [0.5, 0.6) is 11.5 Å². The second kappa shape index (κ2) is 7.57. The molecule has 0 N–H and O–H groups in total. The maximum atomic E-state index is 12.8. The highest BCUT2D eigenvalue weighted by atomic mass is 16.7. The molecule has 0 aliphatic heterocycles. The minimum Gasteiger partial charge on any atom is -0.496 e. The molecule has 26 heavy (non-hydrogen) atoms. The van der Waals surface area contributed by atoms with Crippen molar-refractivity contribution >= 4 is 17.1 Å². The van der Waals surface area contributed by atoms with E-state index in [4.69, 9.17) is 18.6 Å². The van der Waals surface area contributed by atoms with Gasteiger partial charge >= 0.3 is 6.16 Å². The van der Waals surface area contributed by atoms with Crippen molar-refractivity contribution in [1.29, 1.82) is 0 Å². The predicted molar refractivity (Wildman–Crippen MR) is 96.6 cm³/mol. The minimum atomic E-state index is -0.864. The standard InChI is InChI=1S/C20H16O6/c1-3-10-24-20(22)26-13-8-9-15-18(11-13)25-12-16(19(15)21)14-6-4-5-7-17(14)23-2/h3-9,11-12H,1,10H2,2H3. The number of hydrogen-bond acceptors (Lipinski definition) is 6. The maximum absolute atomic E-state index is 12.8. The van der Waals surface area contributed by atoms with Crippen LogP contribution in [0.1, 0.15) is 0 Å². The molecule has 0 spiro atoms. The average Bonchev–Trinajstić information content (AvgIpc) is 2.66. The van der Waals surface area contributed by atoms with Gasteiger partial charge in [-0.2, -0.15) is 0 Å². The molecular formula is C20H16O6. The van der Waals surface area contributed by atoms with Crippen LogP contribution in [-0.4, -0.2) is 19.9 Å². The molecule has 0 saturated heterocycles. The zero-order valence-electron chi connectivity index (χ0n) is 14.1. The molecule has 1 aromatic heterocycles. The summed E-state index contributed by atoms with van der Waals surface area (Å²) in [5.41, 5.74) is 1.10. The number of carbonyl (C=O) groups is 1. The van der Waals surface area contributed by atoms with Gasteiger partial charge in [0.05, 0.1) is 18.1 Å². The summed E-state index contributed by atoms with van der Waals surface area (Å²) in [6, 6.07) is 11.7. The third kappa shape index (κ3) is 3.44. The van der Waals surface area contributed by atoms with Gasteiger partial charge in [-0.15, -0.1) is 0 Å². The molecule has 0 bridgehead atoms. The Balaban J connectivity index is 1.98. The number of carbonyl (C=O) groups excluding carboxylic acids is 1. The van der Waals surface area contributed by atoms with Crippen LogP contribution in [0.3, 0.4) is 0 Å². The lowest BCUT2D eigenvalue weighted by Crippen LogP contribution is -2.11. The lowest BCUT2D eigenvalue weighted by Gasteiger charge is -2.08. The van der Waals surface area contributed by atoms with E-state index in [1.807, 2.05) is 12.1 Å². The Bertz CT molecular complexity index is 1020. The lowest BCUT2D eigenvalue weighted by molar-refractivity contribution is 0.109. The molecular weight excluding hydrogens is 336 g/mol. The first-order chi connectivity index (χ1) is 12.6. The van der Waals surface area contributed by atoms with Gasteiger partial charge in [-0.25, -0.2) is 4.79 Å². The Kier molecular flexibility index (Phi) is 5.03. The fourth-order valence-electron chi connectivity index (χ4n) is 2.48. The summed E-state index contributed by atoms with van der Waals surface area (Å²) in [5, 5.41) is 0.361. The third-order valence-corrected chi connectivity index (χ3v) is 3.66. The van der Waals surface area contributed by atoms with Crippen molar-refractivity contribution in [3.8, 4) is 22.6 Å². The molecule has 0 aliphatic rings. The molecule has 3 rings (SSSR count). The summed E-state index contributed by atoms with van der Waals surface area (Å²) >= 11 is 0. The molecule has 6 nitrogen and oxygen atoms in total. The van der Waals surface area contributed by atoms with E-state index < -0.39 is 6.16 Å². The van der Waals surface area contributed by atoms with Crippen molar-refractivity contribution < 1.29 is 23.4 Å². The Morgan fingerprint density at radius 1 is 1.19 bits per heavy atom. The molecule has 0 aliphatic carbocycles. The fraction of sp³-hybridized carbons (Fsp3) is 0.100. The number of ether oxygens (including phenoxy) is 3. The zero-order chi connectivity index (χ0) is 18.5. The summed E-state index contributed by atoms with van der Waals surface area (Å²) in [7, 11) is 1.54. The van der Waals surface area contributed by atoms with Crippen molar-refractivity contribution in [2.45, 2.75) is 0 Å². The summed E-state index contributed by atoms with van der Waals surface area (Å²) in [5.74, 6) is 0.781. The molecule has 3 aromatic rings. The molecule has 0 radical (unpaired) electrons. The van der Waals surface area contributed by atoms with Gasteiger partial charge in [-0.3, -0.25) is 4.79 Å². The number of para-hydroxylation sites is 1. The number of hydrogen-bond donors (Lipinski definition) is 0. The van der Waals surface area contributed by atoms with Gasteiger partial charge in [0.1, 0.15) is 30.0 Å². The molecule has 0 saturated carbocycles. The highest BCUT2D eigenvalue weighted by Gasteiger charge is 2.14.